The van der Waals surface area contributed by atoms with Crippen molar-refractivity contribution < 1.29 is 29.0 Å². The van der Waals surface area contributed by atoms with Gasteiger partial charge in [-0.1, -0.05) is 23.7 Å². The van der Waals surface area contributed by atoms with E-state index in [4.69, 9.17) is 26.2 Å². The molecule has 2 aromatic rings. The molecule has 10 heteroatoms. The number of nitrogens with zero attached hydrogens (tertiary/aromatic N) is 1. The lowest BCUT2D eigenvalue weighted by molar-refractivity contribution is -0.145. The number of aliphatic imine (C=N–C) groups is 1. The topological polar surface area (TPSA) is 114 Å². The van der Waals surface area contributed by atoms with Crippen molar-refractivity contribution in [3.8, 4) is 5.75 Å². The predicted molar refractivity (Wildman–Crippen MR) is 118 cm³/mol. The van der Waals surface area contributed by atoms with Gasteiger partial charge in [0.15, 0.2) is 11.8 Å². The maximum absolute atomic E-state index is 12.2. The number of hydrogen-bond acceptors (Lipinski definition) is 7. The molecule has 1 fully saturated rings. The molecule has 160 valence electrons. The van der Waals surface area contributed by atoms with E-state index in [1.165, 1.54) is 12.1 Å². The highest BCUT2D eigenvalue weighted by atomic mass is 35.5. The van der Waals surface area contributed by atoms with Crippen molar-refractivity contribution in [2.24, 2.45) is 4.99 Å². The predicted octanol–water partition coefficient (Wildman–Crippen LogP) is 3.87. The number of hydrogen-bond donors (Lipinski definition) is 2. The van der Waals surface area contributed by atoms with Gasteiger partial charge in [-0.15, -0.1) is 0 Å². The standard InChI is InChI=1S/C21H17ClN2O6S/c1-2-29-18(25)11-30-14-6-3-12(4-7-14)9-17-19(26)24-21(31-17)23-13-5-8-16(22)15(10-13)20(27)28/h3-10H,2,11H2,1H3,(H,27,28)(H,23,24,26)/b17-9-. The molecule has 1 saturated heterocycles. The third-order valence-electron chi connectivity index (χ3n) is 3.90. The van der Waals surface area contributed by atoms with E-state index in [1.54, 1.807) is 43.3 Å². The average Bonchev–Trinajstić information content (AvgIpc) is 3.07. The number of carbonyl (C=O) groups excluding carboxylic acids is 2. The monoisotopic (exact) mass is 460 g/mol. The Morgan fingerprint density at radius 1 is 1.23 bits per heavy atom. The van der Waals surface area contributed by atoms with Crippen LogP contribution >= 0.6 is 23.4 Å². The van der Waals surface area contributed by atoms with Crippen LogP contribution in [-0.4, -0.2) is 41.3 Å². The summed E-state index contributed by atoms with van der Waals surface area (Å²) in [7, 11) is 0. The fourth-order valence-electron chi connectivity index (χ4n) is 2.50. The van der Waals surface area contributed by atoms with Crippen LogP contribution in [0.5, 0.6) is 5.75 Å². The Morgan fingerprint density at radius 3 is 2.65 bits per heavy atom. The number of amides is 1. The summed E-state index contributed by atoms with van der Waals surface area (Å²) in [5.74, 6) is -1.43. The largest absolute Gasteiger partial charge is 0.482 e. The molecule has 1 amide bonds. The van der Waals surface area contributed by atoms with Crippen LogP contribution in [-0.2, 0) is 14.3 Å². The van der Waals surface area contributed by atoms with E-state index in [9.17, 15) is 14.4 Å². The van der Waals surface area contributed by atoms with E-state index in [1.807, 2.05) is 0 Å². The van der Waals surface area contributed by atoms with Crippen LogP contribution < -0.4 is 10.1 Å². The smallest absolute Gasteiger partial charge is 0.344 e. The lowest BCUT2D eigenvalue weighted by Crippen LogP contribution is -2.19. The fraction of sp³-hybridized carbons (Fsp3) is 0.143. The van der Waals surface area contributed by atoms with Crippen LogP contribution in [0.1, 0.15) is 22.8 Å². The van der Waals surface area contributed by atoms with E-state index in [2.05, 4.69) is 10.3 Å². The van der Waals surface area contributed by atoms with Crippen molar-refractivity contribution in [3.63, 3.8) is 0 Å². The van der Waals surface area contributed by atoms with Crippen molar-refractivity contribution in [3.05, 3.63) is 63.5 Å². The van der Waals surface area contributed by atoms with Gasteiger partial charge in [0.25, 0.3) is 5.91 Å². The van der Waals surface area contributed by atoms with Gasteiger partial charge in [0.1, 0.15) is 5.75 Å². The molecule has 0 bridgehead atoms. The van der Waals surface area contributed by atoms with Gasteiger partial charge in [0, 0.05) is 0 Å². The molecule has 0 unspecified atom stereocenters. The molecule has 31 heavy (non-hydrogen) atoms. The second-order valence-electron chi connectivity index (χ2n) is 6.11. The first-order chi connectivity index (χ1) is 14.9. The van der Waals surface area contributed by atoms with E-state index >= 15 is 0 Å². The first-order valence-electron chi connectivity index (χ1n) is 9.06. The van der Waals surface area contributed by atoms with E-state index in [0.717, 1.165) is 17.3 Å². The van der Waals surface area contributed by atoms with Crippen LogP contribution in [0.2, 0.25) is 5.02 Å². The van der Waals surface area contributed by atoms with Crippen molar-refractivity contribution in [1.82, 2.24) is 5.32 Å². The number of benzene rings is 2. The van der Waals surface area contributed by atoms with Crippen LogP contribution in [0.15, 0.2) is 52.4 Å². The number of nitrogens with one attached hydrogen (secondary N) is 1. The van der Waals surface area contributed by atoms with Crippen LogP contribution in [0.3, 0.4) is 0 Å². The number of carboxylic acid groups (broad SMARTS) is 1. The second kappa shape index (κ2) is 10.1. The average molecular weight is 461 g/mol. The highest BCUT2D eigenvalue weighted by molar-refractivity contribution is 8.18. The molecule has 0 aromatic heterocycles. The minimum Gasteiger partial charge on any atom is -0.482 e. The SMILES string of the molecule is CCOC(=O)COc1ccc(/C=C2\SC(=Nc3ccc(Cl)c(C(=O)O)c3)NC2=O)cc1. The molecule has 0 aliphatic carbocycles. The lowest BCUT2D eigenvalue weighted by atomic mass is 10.2. The zero-order valence-electron chi connectivity index (χ0n) is 16.3. The highest BCUT2D eigenvalue weighted by Gasteiger charge is 2.24. The molecule has 1 aliphatic heterocycles. The number of aromatic carboxylic acids is 1. The molecule has 0 spiro atoms. The quantitative estimate of drug-likeness (QED) is 0.476. The van der Waals surface area contributed by atoms with Gasteiger partial charge in [-0.25, -0.2) is 14.6 Å². The summed E-state index contributed by atoms with van der Waals surface area (Å²) < 4.78 is 10.1. The number of carboxylic acids is 1. The number of rotatable bonds is 7. The molecule has 1 heterocycles. The Hall–Kier alpha value is -3.30. The highest BCUT2D eigenvalue weighted by Crippen LogP contribution is 2.29. The van der Waals surface area contributed by atoms with Crippen LogP contribution in [0, 0.1) is 0 Å². The summed E-state index contributed by atoms with van der Waals surface area (Å²) in [6.07, 6.45) is 1.68. The Morgan fingerprint density at radius 2 is 1.97 bits per heavy atom. The maximum Gasteiger partial charge on any atom is 0.344 e. The van der Waals surface area contributed by atoms with Gasteiger partial charge in [0.2, 0.25) is 0 Å². The molecule has 0 atom stereocenters. The number of ether oxygens (including phenoxy) is 2. The Balaban J connectivity index is 1.68. The number of amidine groups is 1. The zero-order valence-corrected chi connectivity index (χ0v) is 17.8. The van der Waals surface area contributed by atoms with E-state index in [0.29, 0.717) is 28.1 Å². The van der Waals surface area contributed by atoms with Crippen LogP contribution in [0.4, 0.5) is 5.69 Å². The first-order valence-corrected chi connectivity index (χ1v) is 10.3. The molecule has 1 aliphatic rings. The number of thioether (sulfide) groups is 1. The molecule has 8 nitrogen and oxygen atoms in total. The Bertz CT molecular complexity index is 1080. The summed E-state index contributed by atoms with van der Waals surface area (Å²) in [6, 6.07) is 11.2. The van der Waals surface area contributed by atoms with Gasteiger partial charge in [-0.2, -0.15) is 0 Å². The van der Waals surface area contributed by atoms with Gasteiger partial charge in [0.05, 0.1) is 27.8 Å². The second-order valence-corrected chi connectivity index (χ2v) is 7.55. The first kappa shape index (κ1) is 22.4. The third-order valence-corrected chi connectivity index (χ3v) is 5.14. The lowest BCUT2D eigenvalue weighted by Gasteiger charge is -2.05. The Labute approximate surface area is 186 Å². The summed E-state index contributed by atoms with van der Waals surface area (Å²) in [4.78, 5) is 39.5. The van der Waals surface area contributed by atoms with Crippen molar-refractivity contribution >= 4 is 58.1 Å². The minimum absolute atomic E-state index is 0.0705. The van der Waals surface area contributed by atoms with Gasteiger partial charge in [-0.05, 0) is 60.7 Å². The summed E-state index contributed by atoms with van der Waals surface area (Å²) in [5, 5.41) is 12.2. The molecule has 0 radical (unpaired) electrons. The van der Waals surface area contributed by atoms with Crippen molar-refractivity contribution in [2.75, 3.05) is 13.2 Å². The van der Waals surface area contributed by atoms with Crippen molar-refractivity contribution in [2.45, 2.75) is 6.92 Å². The van der Waals surface area contributed by atoms with Gasteiger partial charge >= 0.3 is 11.9 Å². The molecular formula is C21H17ClN2O6S. The normalized spacial score (nSPS) is 15.7. The molecule has 0 saturated carbocycles. The molecule has 3 rings (SSSR count). The number of halogens is 1. The zero-order chi connectivity index (χ0) is 22.4. The fourth-order valence-corrected chi connectivity index (χ4v) is 3.54. The maximum atomic E-state index is 12.2. The molecular weight excluding hydrogens is 444 g/mol. The van der Waals surface area contributed by atoms with Gasteiger partial charge < -0.3 is 19.9 Å². The van der Waals surface area contributed by atoms with E-state index < -0.39 is 11.9 Å². The summed E-state index contributed by atoms with van der Waals surface area (Å²) in [6.45, 7) is 1.83. The van der Waals surface area contributed by atoms with E-state index in [-0.39, 0.29) is 23.1 Å². The minimum atomic E-state index is -1.16. The molecule has 2 N–H and O–H groups in total. The number of esters is 1. The Kier molecular flexibility index (Phi) is 7.32. The summed E-state index contributed by atoms with van der Waals surface area (Å²) >= 11 is 6.99. The number of carbonyl (C=O) groups is 3. The molecule has 2 aromatic carbocycles. The summed E-state index contributed by atoms with van der Waals surface area (Å²) in [5.41, 5.74) is 1.04. The van der Waals surface area contributed by atoms with Crippen molar-refractivity contribution in [1.29, 1.82) is 0 Å². The van der Waals surface area contributed by atoms with Crippen LogP contribution in [0.25, 0.3) is 6.08 Å². The third kappa shape index (κ3) is 6.09. The van der Waals surface area contributed by atoms with Gasteiger partial charge in [-0.3, -0.25) is 4.79 Å².